The summed E-state index contributed by atoms with van der Waals surface area (Å²) >= 11 is 3.21. The molecule has 1 rings (SSSR count). The minimum Gasteiger partial charge on any atom is -0.376 e. The average Bonchev–Trinajstić information content (AvgIpc) is 2.18. The topological polar surface area (TPSA) is 45.2 Å². The van der Waals surface area contributed by atoms with Crippen LogP contribution in [0.3, 0.4) is 0 Å². The van der Waals surface area contributed by atoms with Crippen LogP contribution in [-0.2, 0) is 4.79 Å². The molecule has 1 aromatic heterocycles. The molecule has 0 bridgehead atoms. The number of hydrogen-bond donors (Lipinski definition) is 1. The minimum atomic E-state index is -0.215. The fourth-order valence-corrected chi connectivity index (χ4v) is 1.22. The van der Waals surface area contributed by atoms with Gasteiger partial charge in [0, 0.05) is 20.3 Å². The van der Waals surface area contributed by atoms with E-state index < -0.39 is 0 Å². The van der Waals surface area contributed by atoms with E-state index in [9.17, 15) is 4.79 Å². The lowest BCUT2D eigenvalue weighted by molar-refractivity contribution is -0.115. The number of rotatable bonds is 3. The Hall–Kier alpha value is -1.10. The molecule has 82 valence electrons. The first-order chi connectivity index (χ1) is 7.02. The SMILES string of the molecule is CC(Br)C(=O)Nc1cnccc1N(C)C. The van der Waals surface area contributed by atoms with E-state index in [-0.39, 0.29) is 10.7 Å². The normalized spacial score (nSPS) is 12.0. The number of amides is 1. The molecule has 1 amide bonds. The Labute approximate surface area is 97.8 Å². The fraction of sp³-hybridized carbons (Fsp3) is 0.400. The van der Waals surface area contributed by atoms with Crippen molar-refractivity contribution < 1.29 is 4.79 Å². The predicted octanol–water partition coefficient (Wildman–Crippen LogP) is 1.87. The lowest BCUT2D eigenvalue weighted by atomic mass is 10.3. The van der Waals surface area contributed by atoms with Crippen molar-refractivity contribution in [3.05, 3.63) is 18.5 Å². The average molecular weight is 272 g/mol. The van der Waals surface area contributed by atoms with Crippen LogP contribution in [0.2, 0.25) is 0 Å². The molecule has 5 heteroatoms. The second-order valence-electron chi connectivity index (χ2n) is 3.39. The molecule has 0 radical (unpaired) electrons. The summed E-state index contributed by atoms with van der Waals surface area (Å²) in [6.07, 6.45) is 3.34. The van der Waals surface area contributed by atoms with Gasteiger partial charge in [0.1, 0.15) is 0 Å². The van der Waals surface area contributed by atoms with E-state index in [1.807, 2.05) is 25.1 Å². The molecule has 1 unspecified atom stereocenters. The second-order valence-corrected chi connectivity index (χ2v) is 4.77. The summed E-state index contributed by atoms with van der Waals surface area (Å²) in [7, 11) is 3.84. The molecule has 0 fully saturated rings. The third kappa shape index (κ3) is 3.20. The van der Waals surface area contributed by atoms with Crippen LogP contribution >= 0.6 is 15.9 Å². The Morgan fingerprint density at radius 3 is 2.80 bits per heavy atom. The highest BCUT2D eigenvalue weighted by molar-refractivity contribution is 9.10. The smallest absolute Gasteiger partial charge is 0.237 e. The van der Waals surface area contributed by atoms with Crippen molar-refractivity contribution in [2.24, 2.45) is 0 Å². The van der Waals surface area contributed by atoms with Crippen LogP contribution in [0.4, 0.5) is 11.4 Å². The van der Waals surface area contributed by atoms with E-state index in [1.54, 1.807) is 19.3 Å². The van der Waals surface area contributed by atoms with Gasteiger partial charge in [-0.3, -0.25) is 9.78 Å². The Kier molecular flexibility index (Phi) is 4.08. The van der Waals surface area contributed by atoms with Crippen molar-refractivity contribution in [1.82, 2.24) is 4.98 Å². The van der Waals surface area contributed by atoms with Gasteiger partial charge in [0.25, 0.3) is 0 Å². The van der Waals surface area contributed by atoms with Crippen molar-refractivity contribution in [2.75, 3.05) is 24.3 Å². The Morgan fingerprint density at radius 1 is 1.60 bits per heavy atom. The van der Waals surface area contributed by atoms with Crippen LogP contribution in [0.15, 0.2) is 18.5 Å². The molecule has 1 aromatic rings. The maximum absolute atomic E-state index is 11.5. The largest absolute Gasteiger partial charge is 0.376 e. The number of halogens is 1. The zero-order valence-corrected chi connectivity index (χ0v) is 10.6. The molecule has 0 saturated carbocycles. The molecule has 0 saturated heterocycles. The zero-order chi connectivity index (χ0) is 11.4. The lowest BCUT2D eigenvalue weighted by Crippen LogP contribution is -2.22. The van der Waals surface area contributed by atoms with Gasteiger partial charge in [-0.1, -0.05) is 15.9 Å². The van der Waals surface area contributed by atoms with Gasteiger partial charge in [0.15, 0.2) is 0 Å². The Balaban J connectivity index is 2.89. The Morgan fingerprint density at radius 2 is 2.27 bits per heavy atom. The highest BCUT2D eigenvalue weighted by atomic mass is 79.9. The third-order valence-electron chi connectivity index (χ3n) is 1.90. The molecule has 0 aliphatic carbocycles. The molecule has 15 heavy (non-hydrogen) atoms. The molecular weight excluding hydrogens is 258 g/mol. The number of alkyl halides is 1. The quantitative estimate of drug-likeness (QED) is 0.854. The number of anilines is 2. The summed E-state index contributed by atoms with van der Waals surface area (Å²) < 4.78 is 0. The van der Waals surface area contributed by atoms with E-state index in [4.69, 9.17) is 0 Å². The highest BCUT2D eigenvalue weighted by Crippen LogP contribution is 2.22. The van der Waals surface area contributed by atoms with Crippen LogP contribution in [0.5, 0.6) is 0 Å². The van der Waals surface area contributed by atoms with Gasteiger partial charge in [-0.2, -0.15) is 0 Å². The molecule has 0 aliphatic rings. The van der Waals surface area contributed by atoms with Crippen molar-refractivity contribution in [1.29, 1.82) is 0 Å². The summed E-state index contributed by atoms with van der Waals surface area (Å²) in [5.74, 6) is -0.0777. The number of aromatic nitrogens is 1. The van der Waals surface area contributed by atoms with Crippen molar-refractivity contribution in [2.45, 2.75) is 11.8 Å². The number of hydrogen-bond acceptors (Lipinski definition) is 3. The van der Waals surface area contributed by atoms with E-state index in [1.165, 1.54) is 0 Å². The fourth-order valence-electron chi connectivity index (χ4n) is 1.11. The van der Waals surface area contributed by atoms with Gasteiger partial charge >= 0.3 is 0 Å². The van der Waals surface area contributed by atoms with E-state index in [2.05, 4.69) is 26.2 Å². The summed E-state index contributed by atoms with van der Waals surface area (Å²) in [4.78, 5) is 17.2. The van der Waals surface area contributed by atoms with Crippen molar-refractivity contribution >= 4 is 33.2 Å². The lowest BCUT2D eigenvalue weighted by Gasteiger charge is -2.17. The standard InChI is InChI=1S/C10H14BrN3O/c1-7(11)10(15)13-8-6-12-5-4-9(8)14(2)3/h4-7H,1-3H3,(H,13,15). The molecular formula is C10H14BrN3O. The molecule has 0 aliphatic heterocycles. The van der Waals surface area contributed by atoms with Crippen LogP contribution in [0.1, 0.15) is 6.92 Å². The second kappa shape index (κ2) is 5.11. The van der Waals surface area contributed by atoms with Crippen LogP contribution in [0, 0.1) is 0 Å². The van der Waals surface area contributed by atoms with E-state index >= 15 is 0 Å². The van der Waals surface area contributed by atoms with Gasteiger partial charge in [0.05, 0.1) is 22.4 Å². The summed E-state index contributed by atoms with van der Waals surface area (Å²) in [5, 5.41) is 2.80. The number of carbonyl (C=O) groups excluding carboxylic acids is 1. The molecule has 1 heterocycles. The van der Waals surface area contributed by atoms with Crippen LogP contribution in [-0.4, -0.2) is 29.8 Å². The van der Waals surface area contributed by atoms with Crippen molar-refractivity contribution in [3.8, 4) is 0 Å². The van der Waals surface area contributed by atoms with E-state index in [0.717, 1.165) is 11.4 Å². The minimum absolute atomic E-state index is 0.0777. The van der Waals surface area contributed by atoms with Gasteiger partial charge < -0.3 is 10.2 Å². The number of pyridine rings is 1. The van der Waals surface area contributed by atoms with E-state index in [0.29, 0.717) is 0 Å². The maximum Gasteiger partial charge on any atom is 0.237 e. The number of nitrogens with zero attached hydrogens (tertiary/aromatic N) is 2. The number of carbonyl (C=O) groups is 1. The molecule has 0 spiro atoms. The molecule has 1 N–H and O–H groups in total. The molecule has 0 aromatic carbocycles. The molecule has 4 nitrogen and oxygen atoms in total. The molecule has 1 atom stereocenters. The zero-order valence-electron chi connectivity index (χ0n) is 8.99. The number of nitrogens with one attached hydrogen (secondary N) is 1. The van der Waals surface area contributed by atoms with Crippen molar-refractivity contribution in [3.63, 3.8) is 0 Å². The summed E-state index contributed by atoms with van der Waals surface area (Å²) in [5.41, 5.74) is 1.66. The van der Waals surface area contributed by atoms with Crippen LogP contribution in [0.25, 0.3) is 0 Å². The van der Waals surface area contributed by atoms with Crippen LogP contribution < -0.4 is 10.2 Å². The first kappa shape index (κ1) is 12.0. The van der Waals surface area contributed by atoms with Gasteiger partial charge in [-0.15, -0.1) is 0 Å². The summed E-state index contributed by atoms with van der Waals surface area (Å²) in [6, 6.07) is 1.86. The monoisotopic (exact) mass is 271 g/mol. The summed E-state index contributed by atoms with van der Waals surface area (Å²) in [6.45, 7) is 1.78. The third-order valence-corrected chi connectivity index (χ3v) is 2.31. The van der Waals surface area contributed by atoms with Gasteiger partial charge in [0.2, 0.25) is 5.91 Å². The Bertz CT molecular complexity index is 352. The highest BCUT2D eigenvalue weighted by Gasteiger charge is 2.11. The first-order valence-corrected chi connectivity index (χ1v) is 5.50. The maximum atomic E-state index is 11.5. The van der Waals surface area contributed by atoms with Gasteiger partial charge in [-0.25, -0.2) is 0 Å². The predicted molar refractivity (Wildman–Crippen MR) is 65.6 cm³/mol. The van der Waals surface area contributed by atoms with Gasteiger partial charge in [-0.05, 0) is 13.0 Å². The first-order valence-electron chi connectivity index (χ1n) is 4.58.